The van der Waals surface area contributed by atoms with Crippen LogP contribution in [0, 0.1) is 0 Å². The lowest BCUT2D eigenvalue weighted by atomic mass is 10.1. The van der Waals surface area contributed by atoms with E-state index in [-0.39, 0.29) is 0 Å². The first-order valence-electron chi connectivity index (χ1n) is 7.76. The second kappa shape index (κ2) is 6.05. The van der Waals surface area contributed by atoms with Crippen molar-refractivity contribution in [3.63, 3.8) is 0 Å². The minimum absolute atomic E-state index is 0.749. The molecule has 4 rings (SSSR count). The number of pyridine rings is 2. The molecule has 0 spiro atoms. The normalized spacial score (nSPS) is 15.2. The maximum absolute atomic E-state index is 6.17. The number of hydrogen-bond donors (Lipinski definition) is 0. The molecule has 3 heterocycles. The standard InChI is InChI=1S/C18H17ClN4/c19-14-4-5-16-15(13-14)17(6-8-20-16)22-9-11-23(12-10-22)18-3-1-2-7-21-18/h1-8,13H,9-12H2. The number of piperazine rings is 1. The molecule has 1 aliphatic heterocycles. The number of rotatable bonds is 2. The summed E-state index contributed by atoms with van der Waals surface area (Å²) in [5.41, 5.74) is 2.19. The fourth-order valence-corrected chi connectivity index (χ4v) is 3.27. The lowest BCUT2D eigenvalue weighted by molar-refractivity contribution is 0.649. The van der Waals surface area contributed by atoms with Crippen LogP contribution in [0.25, 0.3) is 10.9 Å². The molecule has 1 aromatic carbocycles. The Bertz CT molecular complexity index is 814. The highest BCUT2D eigenvalue weighted by molar-refractivity contribution is 6.31. The van der Waals surface area contributed by atoms with Gasteiger partial charge in [-0.2, -0.15) is 0 Å². The average molecular weight is 325 g/mol. The van der Waals surface area contributed by atoms with Crippen molar-refractivity contribution in [3.8, 4) is 0 Å². The van der Waals surface area contributed by atoms with Gasteiger partial charge in [0.1, 0.15) is 5.82 Å². The smallest absolute Gasteiger partial charge is 0.128 e. The fourth-order valence-electron chi connectivity index (χ4n) is 3.10. The van der Waals surface area contributed by atoms with Gasteiger partial charge in [0.05, 0.1) is 5.52 Å². The third kappa shape index (κ3) is 2.82. The lowest BCUT2D eigenvalue weighted by Gasteiger charge is -2.37. The van der Waals surface area contributed by atoms with Crippen molar-refractivity contribution in [1.82, 2.24) is 9.97 Å². The van der Waals surface area contributed by atoms with E-state index < -0.39 is 0 Å². The summed E-state index contributed by atoms with van der Waals surface area (Å²) in [6.45, 7) is 3.84. The topological polar surface area (TPSA) is 32.3 Å². The molecule has 23 heavy (non-hydrogen) atoms. The van der Waals surface area contributed by atoms with Crippen LogP contribution in [0.15, 0.2) is 54.9 Å². The molecular weight excluding hydrogens is 308 g/mol. The number of nitrogens with zero attached hydrogens (tertiary/aromatic N) is 4. The van der Waals surface area contributed by atoms with Crippen LogP contribution in [-0.4, -0.2) is 36.1 Å². The Morgan fingerprint density at radius 3 is 2.43 bits per heavy atom. The SMILES string of the molecule is Clc1ccc2nccc(N3CCN(c4ccccn4)CC3)c2c1. The van der Waals surface area contributed by atoms with E-state index in [1.54, 1.807) is 0 Å². The molecule has 2 aromatic heterocycles. The lowest BCUT2D eigenvalue weighted by Crippen LogP contribution is -2.46. The van der Waals surface area contributed by atoms with E-state index in [1.165, 1.54) is 5.69 Å². The number of halogens is 1. The zero-order valence-electron chi connectivity index (χ0n) is 12.7. The fraction of sp³-hybridized carbons (Fsp3) is 0.222. The van der Waals surface area contributed by atoms with Crippen LogP contribution < -0.4 is 9.80 Å². The van der Waals surface area contributed by atoms with E-state index in [1.807, 2.05) is 42.7 Å². The van der Waals surface area contributed by atoms with Gasteiger partial charge in [0.2, 0.25) is 0 Å². The number of fused-ring (bicyclic) bond motifs is 1. The van der Waals surface area contributed by atoms with Crippen molar-refractivity contribution in [3.05, 3.63) is 59.9 Å². The first-order chi connectivity index (χ1) is 11.3. The first-order valence-corrected chi connectivity index (χ1v) is 8.14. The van der Waals surface area contributed by atoms with Crippen molar-refractivity contribution in [1.29, 1.82) is 0 Å². The molecule has 5 heteroatoms. The van der Waals surface area contributed by atoms with Crippen LogP contribution in [0.3, 0.4) is 0 Å². The summed E-state index contributed by atoms with van der Waals surface area (Å²) in [6, 6.07) is 14.0. The average Bonchev–Trinajstić information content (AvgIpc) is 2.62. The van der Waals surface area contributed by atoms with E-state index in [0.29, 0.717) is 0 Å². The molecule has 0 atom stereocenters. The number of anilines is 2. The molecule has 0 unspecified atom stereocenters. The van der Waals surface area contributed by atoms with Crippen LogP contribution >= 0.6 is 11.6 Å². The van der Waals surface area contributed by atoms with Crippen LogP contribution in [0.4, 0.5) is 11.5 Å². The van der Waals surface area contributed by atoms with Gasteiger partial charge in [-0.1, -0.05) is 17.7 Å². The van der Waals surface area contributed by atoms with Crippen molar-refractivity contribution >= 4 is 34.0 Å². The summed E-state index contributed by atoms with van der Waals surface area (Å²) in [6.07, 6.45) is 3.72. The molecule has 0 amide bonds. The Morgan fingerprint density at radius 2 is 1.65 bits per heavy atom. The Balaban J connectivity index is 1.58. The molecule has 1 aliphatic rings. The van der Waals surface area contributed by atoms with Gasteiger partial charge in [-0.15, -0.1) is 0 Å². The van der Waals surface area contributed by atoms with Crippen molar-refractivity contribution in [2.75, 3.05) is 36.0 Å². The molecule has 1 saturated heterocycles. The van der Waals surface area contributed by atoms with Crippen LogP contribution in [-0.2, 0) is 0 Å². The Morgan fingerprint density at radius 1 is 0.826 bits per heavy atom. The summed E-state index contributed by atoms with van der Waals surface area (Å²) in [5, 5.41) is 1.87. The van der Waals surface area contributed by atoms with Gasteiger partial charge in [0.25, 0.3) is 0 Å². The first kappa shape index (κ1) is 14.3. The highest BCUT2D eigenvalue weighted by atomic mass is 35.5. The maximum Gasteiger partial charge on any atom is 0.128 e. The molecule has 0 radical (unpaired) electrons. The minimum atomic E-state index is 0.749. The molecule has 116 valence electrons. The van der Waals surface area contributed by atoms with E-state index in [4.69, 9.17) is 11.6 Å². The van der Waals surface area contributed by atoms with E-state index >= 15 is 0 Å². The predicted octanol–water partition coefficient (Wildman–Crippen LogP) is 3.61. The van der Waals surface area contributed by atoms with E-state index in [0.717, 1.165) is 47.9 Å². The number of benzene rings is 1. The summed E-state index contributed by atoms with van der Waals surface area (Å²) < 4.78 is 0. The number of aromatic nitrogens is 2. The van der Waals surface area contributed by atoms with Gasteiger partial charge >= 0.3 is 0 Å². The molecular formula is C18H17ClN4. The molecule has 1 fully saturated rings. The largest absolute Gasteiger partial charge is 0.367 e. The Hall–Kier alpha value is -2.33. The quantitative estimate of drug-likeness (QED) is 0.721. The second-order valence-electron chi connectivity index (χ2n) is 5.65. The molecule has 0 aliphatic carbocycles. The van der Waals surface area contributed by atoms with E-state index in [9.17, 15) is 0 Å². The van der Waals surface area contributed by atoms with Gasteiger partial charge < -0.3 is 9.80 Å². The minimum Gasteiger partial charge on any atom is -0.367 e. The van der Waals surface area contributed by atoms with Crippen LogP contribution in [0.5, 0.6) is 0 Å². The van der Waals surface area contributed by atoms with Crippen molar-refractivity contribution in [2.24, 2.45) is 0 Å². The molecule has 4 nitrogen and oxygen atoms in total. The summed E-state index contributed by atoms with van der Waals surface area (Å²) >= 11 is 6.17. The highest BCUT2D eigenvalue weighted by Gasteiger charge is 2.19. The summed E-state index contributed by atoms with van der Waals surface area (Å²) in [5.74, 6) is 1.05. The maximum atomic E-state index is 6.17. The third-order valence-electron chi connectivity index (χ3n) is 4.27. The predicted molar refractivity (Wildman–Crippen MR) is 95.4 cm³/mol. The zero-order valence-corrected chi connectivity index (χ0v) is 13.4. The van der Waals surface area contributed by atoms with Gasteiger partial charge in [0.15, 0.2) is 0 Å². The number of hydrogen-bond acceptors (Lipinski definition) is 4. The van der Waals surface area contributed by atoms with Gasteiger partial charge in [-0.3, -0.25) is 4.98 Å². The van der Waals surface area contributed by atoms with E-state index in [2.05, 4.69) is 31.9 Å². The highest BCUT2D eigenvalue weighted by Crippen LogP contribution is 2.29. The second-order valence-corrected chi connectivity index (χ2v) is 6.09. The van der Waals surface area contributed by atoms with Gasteiger partial charge in [-0.05, 0) is 36.4 Å². The summed E-state index contributed by atoms with van der Waals surface area (Å²) in [4.78, 5) is 13.6. The monoisotopic (exact) mass is 324 g/mol. The van der Waals surface area contributed by atoms with Crippen molar-refractivity contribution in [2.45, 2.75) is 0 Å². The van der Waals surface area contributed by atoms with Gasteiger partial charge in [-0.25, -0.2) is 4.98 Å². The Kier molecular flexibility index (Phi) is 3.75. The third-order valence-corrected chi connectivity index (χ3v) is 4.51. The van der Waals surface area contributed by atoms with Crippen molar-refractivity contribution < 1.29 is 0 Å². The molecule has 3 aromatic rings. The molecule has 0 N–H and O–H groups in total. The van der Waals surface area contributed by atoms with Gasteiger partial charge in [0, 0.05) is 54.7 Å². The summed E-state index contributed by atoms with van der Waals surface area (Å²) in [7, 11) is 0. The van der Waals surface area contributed by atoms with Crippen LogP contribution in [0.1, 0.15) is 0 Å². The molecule has 0 bridgehead atoms. The molecule has 0 saturated carbocycles. The van der Waals surface area contributed by atoms with Crippen LogP contribution in [0.2, 0.25) is 5.02 Å². The Labute approximate surface area is 140 Å². The zero-order chi connectivity index (χ0) is 15.6.